The van der Waals surface area contributed by atoms with Crippen molar-refractivity contribution in [3.8, 4) is 0 Å². The van der Waals surface area contributed by atoms with Crippen molar-refractivity contribution in [3.05, 3.63) is 29.8 Å². The largest absolute Gasteiger partial charge is 0.363 e. The Morgan fingerprint density at radius 3 is 2.52 bits per heavy atom. The Kier molecular flexibility index (Phi) is 9.47. The van der Waals surface area contributed by atoms with Gasteiger partial charge in [0.1, 0.15) is 0 Å². The fraction of sp³-hybridized carbons (Fsp3) is 0.500. The summed E-state index contributed by atoms with van der Waals surface area (Å²) in [4.78, 5) is 11.6. The van der Waals surface area contributed by atoms with Gasteiger partial charge in [-0.2, -0.15) is 11.8 Å². The first kappa shape index (κ1) is 19.6. The van der Waals surface area contributed by atoms with Crippen molar-refractivity contribution in [3.63, 3.8) is 0 Å². The molecule has 0 unspecified atom stereocenters. The minimum absolute atomic E-state index is 0.114. The fourth-order valence-electron chi connectivity index (χ4n) is 1.80. The van der Waals surface area contributed by atoms with Crippen LogP contribution < -0.4 is 21.3 Å². The molecule has 1 aromatic carbocycles. The van der Waals surface area contributed by atoms with Crippen LogP contribution in [0.2, 0.25) is 0 Å². The molecular weight excluding hydrogens is 328 g/mol. The number of nitrogens with one attached hydrogen (secondary N) is 4. The number of carbonyl (C=O) groups is 1. The highest BCUT2D eigenvalue weighted by Crippen LogP contribution is 2.09. The lowest BCUT2D eigenvalue weighted by Gasteiger charge is -2.12. The number of carbonyl (C=O) groups excluding carboxylic acids is 1. The van der Waals surface area contributed by atoms with E-state index in [0.29, 0.717) is 11.7 Å². The SMILES string of the molecule is CSCCCNC(=S)NCc1ccc(NC(=O)NC(C)C)cc1. The lowest BCUT2D eigenvalue weighted by molar-refractivity contribution is 0.250. The Morgan fingerprint density at radius 1 is 1.22 bits per heavy atom. The summed E-state index contributed by atoms with van der Waals surface area (Å²) in [7, 11) is 0. The molecule has 1 rings (SSSR count). The van der Waals surface area contributed by atoms with Gasteiger partial charge < -0.3 is 21.3 Å². The lowest BCUT2D eigenvalue weighted by Crippen LogP contribution is -2.35. The Morgan fingerprint density at radius 2 is 1.91 bits per heavy atom. The monoisotopic (exact) mass is 354 g/mol. The van der Waals surface area contributed by atoms with E-state index < -0.39 is 0 Å². The van der Waals surface area contributed by atoms with E-state index >= 15 is 0 Å². The molecule has 7 heteroatoms. The number of hydrogen-bond acceptors (Lipinski definition) is 3. The Labute approximate surface area is 148 Å². The van der Waals surface area contributed by atoms with E-state index in [-0.39, 0.29) is 12.1 Å². The van der Waals surface area contributed by atoms with Gasteiger partial charge in [0.05, 0.1) is 0 Å². The summed E-state index contributed by atoms with van der Waals surface area (Å²) >= 11 is 7.07. The van der Waals surface area contributed by atoms with Gasteiger partial charge in [-0.1, -0.05) is 12.1 Å². The predicted octanol–water partition coefficient (Wildman–Crippen LogP) is 2.93. The van der Waals surface area contributed by atoms with Gasteiger partial charge >= 0.3 is 6.03 Å². The number of thioether (sulfide) groups is 1. The van der Waals surface area contributed by atoms with Crippen LogP contribution in [-0.4, -0.2) is 35.7 Å². The van der Waals surface area contributed by atoms with Crippen LogP contribution in [0.5, 0.6) is 0 Å². The van der Waals surface area contributed by atoms with Gasteiger partial charge in [0, 0.05) is 24.8 Å². The molecule has 0 fully saturated rings. The van der Waals surface area contributed by atoms with Crippen LogP contribution in [0, 0.1) is 0 Å². The average Bonchev–Trinajstić information content (AvgIpc) is 2.50. The molecule has 0 saturated heterocycles. The van der Waals surface area contributed by atoms with Crippen molar-refractivity contribution in [2.24, 2.45) is 0 Å². The summed E-state index contributed by atoms with van der Waals surface area (Å²) in [6, 6.07) is 7.62. The summed E-state index contributed by atoms with van der Waals surface area (Å²) in [6.45, 7) is 5.39. The molecule has 0 aliphatic rings. The third-order valence-corrected chi connectivity index (χ3v) is 3.88. The molecule has 128 valence electrons. The van der Waals surface area contributed by atoms with E-state index in [0.717, 1.165) is 30.0 Å². The number of benzene rings is 1. The van der Waals surface area contributed by atoms with Crippen molar-refractivity contribution in [2.75, 3.05) is 23.9 Å². The zero-order valence-corrected chi connectivity index (χ0v) is 15.6. The van der Waals surface area contributed by atoms with E-state index in [1.807, 2.05) is 49.9 Å². The zero-order chi connectivity index (χ0) is 17.1. The number of anilines is 1. The normalized spacial score (nSPS) is 10.3. The van der Waals surface area contributed by atoms with Crippen molar-refractivity contribution in [2.45, 2.75) is 32.9 Å². The van der Waals surface area contributed by atoms with E-state index in [1.165, 1.54) is 0 Å². The molecule has 0 saturated carbocycles. The van der Waals surface area contributed by atoms with E-state index in [2.05, 4.69) is 27.5 Å². The summed E-state index contributed by atoms with van der Waals surface area (Å²) in [6.07, 6.45) is 3.20. The predicted molar refractivity (Wildman–Crippen MR) is 104 cm³/mol. The molecule has 0 atom stereocenters. The van der Waals surface area contributed by atoms with Crippen LogP contribution in [0.15, 0.2) is 24.3 Å². The highest BCUT2D eigenvalue weighted by molar-refractivity contribution is 7.98. The summed E-state index contributed by atoms with van der Waals surface area (Å²) < 4.78 is 0. The molecule has 1 aromatic rings. The van der Waals surface area contributed by atoms with Gasteiger partial charge in [0.2, 0.25) is 0 Å². The van der Waals surface area contributed by atoms with Crippen molar-refractivity contribution >= 4 is 40.8 Å². The Balaban J connectivity index is 2.31. The smallest absolute Gasteiger partial charge is 0.319 e. The van der Waals surface area contributed by atoms with Gasteiger partial charge in [-0.25, -0.2) is 4.79 Å². The molecule has 0 aromatic heterocycles. The number of thiocarbonyl (C=S) groups is 1. The van der Waals surface area contributed by atoms with Crippen molar-refractivity contribution in [1.82, 2.24) is 16.0 Å². The van der Waals surface area contributed by atoms with Crippen molar-refractivity contribution < 1.29 is 4.79 Å². The van der Waals surface area contributed by atoms with Crippen LogP contribution >= 0.6 is 24.0 Å². The third kappa shape index (κ3) is 9.30. The van der Waals surface area contributed by atoms with E-state index in [4.69, 9.17) is 12.2 Å². The maximum atomic E-state index is 11.6. The number of hydrogen-bond donors (Lipinski definition) is 4. The van der Waals surface area contributed by atoms with Gasteiger partial charge in [-0.15, -0.1) is 0 Å². The third-order valence-electron chi connectivity index (χ3n) is 2.90. The minimum Gasteiger partial charge on any atom is -0.363 e. The second-order valence-electron chi connectivity index (χ2n) is 5.41. The molecule has 23 heavy (non-hydrogen) atoms. The first-order valence-corrected chi connectivity index (χ1v) is 9.48. The summed E-state index contributed by atoms with van der Waals surface area (Å²) in [5.74, 6) is 1.13. The highest BCUT2D eigenvalue weighted by Gasteiger charge is 2.03. The van der Waals surface area contributed by atoms with Gasteiger partial charge in [0.25, 0.3) is 0 Å². The number of amides is 2. The van der Waals surface area contributed by atoms with Crippen molar-refractivity contribution in [1.29, 1.82) is 0 Å². The van der Waals surface area contributed by atoms with Gasteiger partial charge in [0.15, 0.2) is 5.11 Å². The maximum absolute atomic E-state index is 11.6. The molecule has 0 spiro atoms. The summed E-state index contributed by atoms with van der Waals surface area (Å²) in [5.41, 5.74) is 1.87. The molecule has 0 aliphatic carbocycles. The van der Waals surface area contributed by atoms with E-state index in [9.17, 15) is 4.79 Å². The first-order chi connectivity index (χ1) is 11.0. The van der Waals surface area contributed by atoms with Crippen LogP contribution in [0.3, 0.4) is 0 Å². The number of rotatable bonds is 8. The molecule has 4 N–H and O–H groups in total. The standard InChI is InChI=1S/C16H26N4OS2/c1-12(2)19-15(21)20-14-7-5-13(6-8-14)11-18-16(22)17-9-4-10-23-3/h5-8,12H,4,9-11H2,1-3H3,(H2,17,18,22)(H2,19,20,21). The van der Waals surface area contributed by atoms with Crippen LogP contribution in [-0.2, 0) is 6.54 Å². The van der Waals surface area contributed by atoms with Gasteiger partial charge in [-0.05, 0) is 62.2 Å². The summed E-state index contributed by atoms with van der Waals surface area (Å²) in [5, 5.41) is 12.6. The average molecular weight is 355 g/mol. The van der Waals surface area contributed by atoms with Gasteiger partial charge in [-0.3, -0.25) is 0 Å². The van der Waals surface area contributed by atoms with E-state index in [1.54, 1.807) is 0 Å². The van der Waals surface area contributed by atoms with Crippen LogP contribution in [0.4, 0.5) is 10.5 Å². The zero-order valence-electron chi connectivity index (χ0n) is 13.9. The molecule has 0 bridgehead atoms. The minimum atomic E-state index is -0.193. The number of urea groups is 1. The fourth-order valence-corrected chi connectivity index (χ4v) is 2.41. The maximum Gasteiger partial charge on any atom is 0.319 e. The van der Waals surface area contributed by atoms with Crippen LogP contribution in [0.25, 0.3) is 0 Å². The lowest BCUT2D eigenvalue weighted by atomic mass is 10.2. The molecule has 5 nitrogen and oxygen atoms in total. The highest BCUT2D eigenvalue weighted by atomic mass is 32.2. The second-order valence-corrected chi connectivity index (χ2v) is 6.80. The Hall–Kier alpha value is -1.47. The topological polar surface area (TPSA) is 65.2 Å². The molecule has 0 radical (unpaired) electrons. The molecule has 2 amide bonds. The first-order valence-electron chi connectivity index (χ1n) is 7.68. The Bertz CT molecular complexity index is 491. The molecule has 0 heterocycles. The van der Waals surface area contributed by atoms with Crippen LogP contribution in [0.1, 0.15) is 25.8 Å². The quantitative estimate of drug-likeness (QED) is 0.427. The molecule has 0 aliphatic heterocycles. The second kappa shape index (κ2) is 11.1. The molecular formula is C16H26N4OS2.